The van der Waals surface area contributed by atoms with Crippen LogP contribution in [0.2, 0.25) is 5.02 Å². The van der Waals surface area contributed by atoms with Crippen LogP contribution in [-0.2, 0) is 0 Å². The first kappa shape index (κ1) is 13.7. The molecule has 0 fully saturated rings. The molecule has 0 amide bonds. The van der Waals surface area contributed by atoms with Gasteiger partial charge in [0.2, 0.25) is 0 Å². The first-order valence-corrected chi connectivity index (χ1v) is 6.27. The smallest absolute Gasteiger partial charge is 0.162 e. The second-order valence-electron chi connectivity index (χ2n) is 4.01. The van der Waals surface area contributed by atoms with E-state index < -0.39 is 0 Å². The van der Waals surface area contributed by atoms with Gasteiger partial charge >= 0.3 is 0 Å². The number of hydrogen-bond donors (Lipinski definition) is 0. The second-order valence-corrected chi connectivity index (χ2v) is 4.44. The van der Waals surface area contributed by atoms with Crippen LogP contribution in [0.25, 0.3) is 0 Å². The highest BCUT2D eigenvalue weighted by molar-refractivity contribution is 6.31. The second kappa shape index (κ2) is 7.86. The van der Waals surface area contributed by atoms with Crippen LogP contribution in [0.3, 0.4) is 0 Å². The molecular weight excluding hydrogens is 234 g/mol. The zero-order valence-electron chi connectivity index (χ0n) is 9.79. The van der Waals surface area contributed by atoms with E-state index in [9.17, 15) is 4.79 Å². The molecule has 0 saturated carbocycles. The number of benzene rings is 1. The van der Waals surface area contributed by atoms with E-state index >= 15 is 0 Å². The number of carbonyl (C=O) groups is 1. The summed E-state index contributed by atoms with van der Waals surface area (Å²) in [7, 11) is 0. The van der Waals surface area contributed by atoms with Crippen LogP contribution < -0.4 is 0 Å². The Morgan fingerprint density at radius 1 is 1.24 bits per heavy atom. The monoisotopic (exact) mass is 249 g/mol. The Hall–Kier alpha value is -1.33. The molecule has 0 heterocycles. The number of ketones is 1. The summed E-state index contributed by atoms with van der Waals surface area (Å²) in [5.41, 5.74) is 0.689. The van der Waals surface area contributed by atoms with Gasteiger partial charge in [0.15, 0.2) is 5.78 Å². The molecule has 0 radical (unpaired) electrons. The lowest BCUT2D eigenvalue weighted by Crippen LogP contribution is -1.98. The molecule has 0 unspecified atom stereocenters. The van der Waals surface area contributed by atoms with Gasteiger partial charge in [0.25, 0.3) is 0 Å². The molecule has 0 aliphatic heterocycles. The van der Waals surface area contributed by atoms with Gasteiger partial charge in [-0.2, -0.15) is 5.26 Å². The zero-order valence-corrected chi connectivity index (χ0v) is 10.5. The molecule has 1 aromatic carbocycles. The van der Waals surface area contributed by atoms with E-state index in [1.54, 1.807) is 24.3 Å². The summed E-state index contributed by atoms with van der Waals surface area (Å²) in [5.74, 6) is 0.146. The fourth-order valence-electron chi connectivity index (χ4n) is 1.65. The quantitative estimate of drug-likeness (QED) is 0.531. The molecule has 0 aliphatic rings. The molecule has 0 spiro atoms. The number of nitriles is 1. The number of nitrogens with zero attached hydrogens (tertiary/aromatic N) is 1. The maximum absolute atomic E-state index is 11.8. The third-order valence-electron chi connectivity index (χ3n) is 2.59. The molecule has 17 heavy (non-hydrogen) atoms. The Morgan fingerprint density at radius 2 is 2.00 bits per heavy atom. The Balaban J connectivity index is 2.24. The Kier molecular flexibility index (Phi) is 6.35. The SMILES string of the molecule is N#CCCCCCCC(=O)c1cccc(Cl)c1. The molecule has 1 rings (SSSR count). The number of unbranched alkanes of at least 4 members (excludes halogenated alkanes) is 4. The van der Waals surface area contributed by atoms with Crippen molar-refractivity contribution in [3.05, 3.63) is 34.9 Å². The van der Waals surface area contributed by atoms with Crippen LogP contribution in [0.15, 0.2) is 24.3 Å². The number of halogens is 1. The maximum atomic E-state index is 11.8. The average molecular weight is 250 g/mol. The Morgan fingerprint density at radius 3 is 2.71 bits per heavy atom. The highest BCUT2D eigenvalue weighted by atomic mass is 35.5. The Labute approximate surface area is 107 Å². The van der Waals surface area contributed by atoms with Gasteiger partial charge < -0.3 is 0 Å². The lowest BCUT2D eigenvalue weighted by atomic mass is 10.0. The summed E-state index contributed by atoms with van der Waals surface area (Å²) < 4.78 is 0. The topological polar surface area (TPSA) is 40.9 Å². The van der Waals surface area contributed by atoms with Crippen molar-refractivity contribution in [3.8, 4) is 6.07 Å². The summed E-state index contributed by atoms with van der Waals surface area (Å²) in [6.45, 7) is 0. The number of hydrogen-bond acceptors (Lipinski definition) is 2. The van der Waals surface area contributed by atoms with Crippen molar-refractivity contribution in [3.63, 3.8) is 0 Å². The summed E-state index contributed by atoms with van der Waals surface area (Å²) in [4.78, 5) is 11.8. The van der Waals surface area contributed by atoms with Crippen LogP contribution in [0, 0.1) is 11.3 Å². The van der Waals surface area contributed by atoms with Gasteiger partial charge in [0.05, 0.1) is 6.07 Å². The molecule has 2 nitrogen and oxygen atoms in total. The van der Waals surface area contributed by atoms with Crippen LogP contribution in [0.4, 0.5) is 0 Å². The Bertz CT molecular complexity index is 409. The van der Waals surface area contributed by atoms with Crippen molar-refractivity contribution in [1.29, 1.82) is 5.26 Å². The van der Waals surface area contributed by atoms with Crippen LogP contribution in [0.5, 0.6) is 0 Å². The summed E-state index contributed by atoms with van der Waals surface area (Å²) in [6, 6.07) is 9.18. The van der Waals surface area contributed by atoms with Crippen molar-refractivity contribution >= 4 is 17.4 Å². The summed E-state index contributed by atoms with van der Waals surface area (Å²) in [5, 5.41) is 8.97. The third kappa shape index (κ3) is 5.51. The minimum atomic E-state index is 0.146. The van der Waals surface area contributed by atoms with Crippen LogP contribution in [-0.4, -0.2) is 5.78 Å². The summed E-state index contributed by atoms with van der Waals surface area (Å²) in [6.07, 6.45) is 5.03. The molecule has 0 N–H and O–H groups in total. The van der Waals surface area contributed by atoms with Crippen LogP contribution >= 0.6 is 11.6 Å². The number of carbonyl (C=O) groups excluding carboxylic acids is 1. The van der Waals surface area contributed by atoms with Gasteiger partial charge in [-0.1, -0.05) is 36.6 Å². The van der Waals surface area contributed by atoms with Crippen molar-refractivity contribution in [2.24, 2.45) is 0 Å². The molecule has 0 atom stereocenters. The zero-order chi connectivity index (χ0) is 12.5. The fraction of sp³-hybridized carbons (Fsp3) is 0.429. The molecule has 90 valence electrons. The normalized spacial score (nSPS) is 9.88. The molecular formula is C14H16ClNO. The molecule has 1 aromatic rings. The lowest BCUT2D eigenvalue weighted by Gasteiger charge is -2.01. The average Bonchev–Trinajstić information content (AvgIpc) is 2.33. The van der Waals surface area contributed by atoms with Gasteiger partial charge in [-0.05, 0) is 25.0 Å². The maximum Gasteiger partial charge on any atom is 0.162 e. The predicted octanol–water partition coefficient (Wildman–Crippen LogP) is 4.39. The molecule has 0 bridgehead atoms. The highest BCUT2D eigenvalue weighted by Crippen LogP contribution is 2.14. The van der Waals surface area contributed by atoms with Gasteiger partial charge in [-0.15, -0.1) is 0 Å². The van der Waals surface area contributed by atoms with Crippen molar-refractivity contribution in [2.45, 2.75) is 38.5 Å². The first-order chi connectivity index (χ1) is 8.24. The van der Waals surface area contributed by atoms with E-state index in [1.807, 2.05) is 0 Å². The highest BCUT2D eigenvalue weighted by Gasteiger charge is 2.05. The van der Waals surface area contributed by atoms with Crippen LogP contribution in [0.1, 0.15) is 48.9 Å². The molecule has 0 saturated heterocycles. The van der Waals surface area contributed by atoms with Crippen molar-refractivity contribution in [1.82, 2.24) is 0 Å². The van der Waals surface area contributed by atoms with Crippen molar-refractivity contribution < 1.29 is 4.79 Å². The minimum absolute atomic E-state index is 0.146. The molecule has 0 aromatic heterocycles. The van der Waals surface area contributed by atoms with Gasteiger partial charge in [-0.25, -0.2) is 0 Å². The molecule has 0 aliphatic carbocycles. The van der Waals surface area contributed by atoms with E-state index in [0.29, 0.717) is 23.4 Å². The largest absolute Gasteiger partial charge is 0.294 e. The predicted molar refractivity (Wildman–Crippen MR) is 69.1 cm³/mol. The number of rotatable bonds is 7. The van der Waals surface area contributed by atoms with E-state index in [4.69, 9.17) is 16.9 Å². The van der Waals surface area contributed by atoms with E-state index in [1.165, 1.54) is 0 Å². The minimum Gasteiger partial charge on any atom is -0.294 e. The van der Waals surface area contributed by atoms with Gasteiger partial charge in [0.1, 0.15) is 0 Å². The van der Waals surface area contributed by atoms with E-state index in [2.05, 4.69) is 6.07 Å². The van der Waals surface area contributed by atoms with E-state index in [-0.39, 0.29) is 5.78 Å². The lowest BCUT2D eigenvalue weighted by molar-refractivity contribution is 0.0979. The van der Waals surface area contributed by atoms with E-state index in [0.717, 1.165) is 25.7 Å². The van der Waals surface area contributed by atoms with Crippen molar-refractivity contribution in [2.75, 3.05) is 0 Å². The number of Topliss-reactive ketones (excluding diaryl/α,β-unsaturated/α-hetero) is 1. The summed E-state index contributed by atoms with van der Waals surface area (Å²) >= 11 is 5.82. The standard InChI is InChI=1S/C14H16ClNO/c15-13-8-6-7-12(11-13)14(17)9-4-2-1-3-5-10-16/h6-8,11H,1-5,9H2. The third-order valence-corrected chi connectivity index (χ3v) is 2.82. The fourth-order valence-corrected chi connectivity index (χ4v) is 1.84. The van der Waals surface area contributed by atoms with Gasteiger partial charge in [0, 0.05) is 23.4 Å². The van der Waals surface area contributed by atoms with Gasteiger partial charge in [-0.3, -0.25) is 4.79 Å². The molecule has 3 heteroatoms. The first-order valence-electron chi connectivity index (χ1n) is 5.90.